The number of ketones is 1. The van der Waals surface area contributed by atoms with Crippen molar-refractivity contribution in [2.45, 2.75) is 31.7 Å². The molecule has 0 aliphatic carbocycles. The van der Waals surface area contributed by atoms with E-state index in [1.807, 2.05) is 48.7 Å². The summed E-state index contributed by atoms with van der Waals surface area (Å²) in [6.07, 6.45) is -0.174. The minimum atomic E-state index is -3.69. The summed E-state index contributed by atoms with van der Waals surface area (Å²) in [5.74, 6) is -0.942. The second kappa shape index (κ2) is 10.4. The zero-order valence-electron chi connectivity index (χ0n) is 18.1. The van der Waals surface area contributed by atoms with Crippen LogP contribution in [0.5, 0.6) is 0 Å². The lowest BCUT2D eigenvalue weighted by Gasteiger charge is -2.10. The van der Waals surface area contributed by atoms with Crippen LogP contribution in [0.4, 0.5) is 0 Å². The molecule has 0 radical (unpaired) electrons. The molecule has 3 aromatic rings. The van der Waals surface area contributed by atoms with Gasteiger partial charge < -0.3 is 9.30 Å². The van der Waals surface area contributed by atoms with Crippen molar-refractivity contribution >= 4 is 21.8 Å². The van der Waals surface area contributed by atoms with Gasteiger partial charge in [-0.3, -0.25) is 9.59 Å². The van der Waals surface area contributed by atoms with Crippen molar-refractivity contribution < 1.29 is 22.7 Å². The van der Waals surface area contributed by atoms with E-state index in [9.17, 15) is 18.0 Å². The number of aryl methyl sites for hydroxylation is 1. The van der Waals surface area contributed by atoms with Crippen molar-refractivity contribution in [1.82, 2.24) is 9.29 Å². The molecule has 7 nitrogen and oxygen atoms in total. The van der Waals surface area contributed by atoms with Gasteiger partial charge in [0.1, 0.15) is 0 Å². The average Bonchev–Trinajstić information content (AvgIpc) is 3.07. The van der Waals surface area contributed by atoms with Gasteiger partial charge in [-0.05, 0) is 37.6 Å². The van der Waals surface area contributed by atoms with Gasteiger partial charge in [0.25, 0.3) is 0 Å². The van der Waals surface area contributed by atoms with Crippen LogP contribution in [0.3, 0.4) is 0 Å². The standard InChI is InChI=1S/C24H26N2O5S/c1-18-15-22(19(2)26(18)16-20-9-5-3-6-10-20)23(27)17-31-24(28)13-14-25-32(29,30)21-11-7-4-8-12-21/h3-12,15,25H,13-14,16-17H2,1-2H3. The molecule has 2 aromatic carbocycles. The van der Waals surface area contributed by atoms with Crippen molar-refractivity contribution in [1.29, 1.82) is 0 Å². The number of hydrogen-bond donors (Lipinski definition) is 1. The maximum absolute atomic E-state index is 12.6. The van der Waals surface area contributed by atoms with E-state index in [1.54, 1.807) is 24.3 Å². The molecule has 1 heterocycles. The maximum atomic E-state index is 12.6. The minimum Gasteiger partial charge on any atom is -0.457 e. The van der Waals surface area contributed by atoms with Crippen molar-refractivity contribution in [3.05, 3.63) is 89.2 Å². The summed E-state index contributed by atoms with van der Waals surface area (Å²) in [7, 11) is -3.69. The molecule has 0 bridgehead atoms. The normalized spacial score (nSPS) is 11.3. The molecule has 0 amide bonds. The topological polar surface area (TPSA) is 94.5 Å². The molecule has 1 aromatic heterocycles. The van der Waals surface area contributed by atoms with Crippen LogP contribution in [-0.4, -0.2) is 37.9 Å². The monoisotopic (exact) mass is 454 g/mol. The van der Waals surface area contributed by atoms with Crippen molar-refractivity contribution in [2.75, 3.05) is 13.2 Å². The van der Waals surface area contributed by atoms with Gasteiger partial charge >= 0.3 is 5.97 Å². The Morgan fingerprint density at radius 2 is 1.59 bits per heavy atom. The summed E-state index contributed by atoms with van der Waals surface area (Å²) in [5, 5.41) is 0. The molecule has 32 heavy (non-hydrogen) atoms. The highest BCUT2D eigenvalue weighted by Crippen LogP contribution is 2.18. The summed E-state index contributed by atoms with van der Waals surface area (Å²) < 4.78 is 33.8. The fraction of sp³-hybridized carbons (Fsp3) is 0.250. The summed E-state index contributed by atoms with van der Waals surface area (Å²) in [6.45, 7) is 3.93. The highest BCUT2D eigenvalue weighted by molar-refractivity contribution is 7.89. The van der Waals surface area contributed by atoms with E-state index in [2.05, 4.69) is 4.72 Å². The van der Waals surface area contributed by atoms with Crippen molar-refractivity contribution in [3.8, 4) is 0 Å². The first-order valence-electron chi connectivity index (χ1n) is 10.2. The Balaban J connectivity index is 1.51. The van der Waals surface area contributed by atoms with E-state index < -0.39 is 16.0 Å². The van der Waals surface area contributed by atoms with Crippen LogP contribution in [0.25, 0.3) is 0 Å². The largest absolute Gasteiger partial charge is 0.457 e. The predicted octanol–water partition coefficient (Wildman–Crippen LogP) is 3.25. The van der Waals surface area contributed by atoms with E-state index in [0.717, 1.165) is 17.0 Å². The number of esters is 1. The van der Waals surface area contributed by atoms with E-state index in [4.69, 9.17) is 4.74 Å². The van der Waals surface area contributed by atoms with Crippen LogP contribution in [0.1, 0.15) is 33.7 Å². The zero-order chi connectivity index (χ0) is 23.1. The Kier molecular flexibility index (Phi) is 7.61. The lowest BCUT2D eigenvalue weighted by Crippen LogP contribution is -2.27. The van der Waals surface area contributed by atoms with Gasteiger partial charge in [0, 0.05) is 30.0 Å². The van der Waals surface area contributed by atoms with E-state index in [1.165, 1.54) is 12.1 Å². The molecule has 0 fully saturated rings. The molecular formula is C24H26N2O5S. The fourth-order valence-corrected chi connectivity index (χ4v) is 4.41. The number of carbonyl (C=O) groups excluding carboxylic acids is 2. The van der Waals surface area contributed by atoms with Gasteiger partial charge in [0.2, 0.25) is 15.8 Å². The second-order valence-electron chi connectivity index (χ2n) is 7.40. The average molecular weight is 455 g/mol. The highest BCUT2D eigenvalue weighted by atomic mass is 32.2. The van der Waals surface area contributed by atoms with Gasteiger partial charge in [0.15, 0.2) is 6.61 Å². The van der Waals surface area contributed by atoms with Crippen molar-refractivity contribution in [2.24, 2.45) is 0 Å². The Morgan fingerprint density at radius 3 is 2.25 bits per heavy atom. The lowest BCUT2D eigenvalue weighted by atomic mass is 10.1. The Hall–Kier alpha value is -3.23. The number of aromatic nitrogens is 1. The molecule has 0 atom stereocenters. The van der Waals surface area contributed by atoms with Gasteiger partial charge in [-0.15, -0.1) is 0 Å². The molecular weight excluding hydrogens is 428 g/mol. The summed E-state index contributed by atoms with van der Waals surface area (Å²) in [6, 6.07) is 19.6. The van der Waals surface area contributed by atoms with Crippen LogP contribution in [-0.2, 0) is 26.1 Å². The first kappa shape index (κ1) is 23.4. The van der Waals surface area contributed by atoms with Gasteiger partial charge in [-0.2, -0.15) is 0 Å². The molecule has 0 aliphatic rings. The Morgan fingerprint density at radius 1 is 0.969 bits per heavy atom. The third-order valence-corrected chi connectivity index (χ3v) is 6.57. The number of rotatable bonds is 10. The Bertz CT molecular complexity index is 1190. The lowest BCUT2D eigenvalue weighted by molar-refractivity contribution is -0.142. The van der Waals surface area contributed by atoms with Gasteiger partial charge in [-0.1, -0.05) is 48.5 Å². The maximum Gasteiger partial charge on any atom is 0.307 e. The number of benzene rings is 2. The molecule has 3 rings (SSSR count). The quantitative estimate of drug-likeness (QED) is 0.375. The second-order valence-corrected chi connectivity index (χ2v) is 9.17. The SMILES string of the molecule is Cc1cc(C(=O)COC(=O)CCNS(=O)(=O)c2ccccc2)c(C)n1Cc1ccccc1. The van der Waals surface area contributed by atoms with Crippen LogP contribution in [0.15, 0.2) is 71.6 Å². The number of ether oxygens (including phenoxy) is 1. The zero-order valence-corrected chi connectivity index (χ0v) is 18.9. The third-order valence-electron chi connectivity index (χ3n) is 5.10. The number of carbonyl (C=O) groups is 2. The van der Waals surface area contributed by atoms with Crippen LogP contribution in [0, 0.1) is 13.8 Å². The molecule has 0 unspecified atom stereocenters. The summed E-state index contributed by atoms with van der Waals surface area (Å²) >= 11 is 0. The van der Waals surface area contributed by atoms with Gasteiger partial charge in [-0.25, -0.2) is 13.1 Å². The molecule has 0 saturated heterocycles. The molecule has 168 valence electrons. The molecule has 1 N–H and O–H groups in total. The predicted molar refractivity (Wildman–Crippen MR) is 121 cm³/mol. The molecule has 0 saturated carbocycles. The number of hydrogen-bond acceptors (Lipinski definition) is 5. The smallest absolute Gasteiger partial charge is 0.307 e. The number of Topliss-reactive ketones (excluding diaryl/α,β-unsaturated/α-hetero) is 1. The summed E-state index contributed by atoms with van der Waals surface area (Å²) in [4.78, 5) is 24.7. The van der Waals surface area contributed by atoms with E-state index >= 15 is 0 Å². The molecule has 0 spiro atoms. The van der Waals surface area contributed by atoms with E-state index in [0.29, 0.717) is 12.1 Å². The highest BCUT2D eigenvalue weighted by Gasteiger charge is 2.18. The Labute approximate surface area is 188 Å². The van der Waals surface area contributed by atoms with Crippen LogP contribution < -0.4 is 4.72 Å². The molecule has 0 aliphatic heterocycles. The number of nitrogens with zero attached hydrogens (tertiary/aromatic N) is 1. The number of sulfonamides is 1. The number of nitrogens with one attached hydrogen (secondary N) is 1. The first-order chi connectivity index (χ1) is 15.3. The van der Waals surface area contributed by atoms with Crippen LogP contribution >= 0.6 is 0 Å². The minimum absolute atomic E-state index is 0.115. The molecule has 8 heteroatoms. The third kappa shape index (κ3) is 5.93. The van der Waals surface area contributed by atoms with Crippen LogP contribution in [0.2, 0.25) is 0 Å². The fourth-order valence-electron chi connectivity index (χ4n) is 3.36. The van der Waals surface area contributed by atoms with Crippen molar-refractivity contribution in [3.63, 3.8) is 0 Å². The first-order valence-corrected chi connectivity index (χ1v) is 11.7. The summed E-state index contributed by atoms with van der Waals surface area (Å²) in [5.41, 5.74) is 3.38. The van der Waals surface area contributed by atoms with E-state index in [-0.39, 0.29) is 30.3 Å². The van der Waals surface area contributed by atoms with Gasteiger partial charge in [0.05, 0.1) is 11.3 Å².